The van der Waals surface area contributed by atoms with E-state index < -0.39 is 0 Å². The van der Waals surface area contributed by atoms with Crippen LogP contribution in [0.1, 0.15) is 38.1 Å². The number of nitrogens with one attached hydrogen (secondary N) is 1. The van der Waals surface area contributed by atoms with E-state index in [0.29, 0.717) is 6.61 Å². The zero-order chi connectivity index (χ0) is 14.4. The van der Waals surface area contributed by atoms with Gasteiger partial charge in [-0.25, -0.2) is 4.79 Å². The van der Waals surface area contributed by atoms with E-state index in [-0.39, 0.29) is 12.1 Å². The fourth-order valence-electron chi connectivity index (χ4n) is 2.30. The molecule has 0 aliphatic carbocycles. The Morgan fingerprint density at radius 3 is 3.10 bits per heavy atom. The molecule has 6 nitrogen and oxygen atoms in total. The number of hydrogen-bond donors (Lipinski definition) is 1. The van der Waals surface area contributed by atoms with Crippen molar-refractivity contribution >= 4 is 22.6 Å². The maximum Gasteiger partial charge on any atom is 0.407 e. The average molecular weight is 298 g/mol. The quantitative estimate of drug-likeness (QED) is 0.902. The molecule has 1 fully saturated rings. The van der Waals surface area contributed by atoms with Crippen LogP contribution in [0.3, 0.4) is 0 Å². The number of nitrogens with zero attached hydrogens (tertiary/aromatic N) is 3. The van der Waals surface area contributed by atoms with Gasteiger partial charge in [-0.1, -0.05) is 18.3 Å². The van der Waals surface area contributed by atoms with Gasteiger partial charge in [-0.15, -0.1) is 10.2 Å². The molecule has 0 radical (unpaired) electrons. The molecule has 2 rings (SSSR count). The van der Waals surface area contributed by atoms with Crippen LogP contribution in [0, 0.1) is 0 Å². The van der Waals surface area contributed by atoms with Crippen molar-refractivity contribution in [1.29, 1.82) is 0 Å². The number of carbonyl (C=O) groups excluding carboxylic acids is 1. The van der Waals surface area contributed by atoms with Crippen LogP contribution in [0.25, 0.3) is 0 Å². The molecule has 0 bridgehead atoms. The number of piperidine rings is 1. The minimum atomic E-state index is -0.330. The van der Waals surface area contributed by atoms with Crippen LogP contribution >= 0.6 is 11.3 Å². The van der Waals surface area contributed by atoms with Crippen LogP contribution in [-0.4, -0.2) is 42.0 Å². The molecule has 112 valence electrons. The van der Waals surface area contributed by atoms with Crippen molar-refractivity contribution < 1.29 is 9.53 Å². The highest BCUT2D eigenvalue weighted by atomic mass is 32.1. The summed E-state index contributed by atoms with van der Waals surface area (Å²) in [5.41, 5.74) is 0. The smallest absolute Gasteiger partial charge is 0.407 e. The minimum Gasteiger partial charge on any atom is -0.450 e. The first-order valence-electron chi connectivity index (χ1n) is 7.23. The second kappa shape index (κ2) is 7.42. The molecule has 0 spiro atoms. The molecule has 0 aromatic carbocycles. The topological polar surface area (TPSA) is 67.4 Å². The number of rotatable bonds is 5. The summed E-state index contributed by atoms with van der Waals surface area (Å²) in [5, 5.41) is 13.4. The maximum atomic E-state index is 11.5. The van der Waals surface area contributed by atoms with E-state index in [0.717, 1.165) is 48.9 Å². The number of alkyl carbamates (subject to hydrolysis) is 1. The van der Waals surface area contributed by atoms with Gasteiger partial charge in [0, 0.05) is 25.6 Å². The van der Waals surface area contributed by atoms with Crippen LogP contribution in [-0.2, 0) is 11.2 Å². The van der Waals surface area contributed by atoms with Crippen LogP contribution in [0.5, 0.6) is 0 Å². The average Bonchev–Trinajstić information content (AvgIpc) is 2.88. The molecule has 0 saturated carbocycles. The highest BCUT2D eigenvalue weighted by Gasteiger charge is 2.24. The van der Waals surface area contributed by atoms with E-state index in [1.807, 2.05) is 6.92 Å². The third kappa shape index (κ3) is 4.06. The predicted molar refractivity (Wildman–Crippen MR) is 79.3 cm³/mol. The molecule has 20 heavy (non-hydrogen) atoms. The van der Waals surface area contributed by atoms with Crippen molar-refractivity contribution in [2.24, 2.45) is 0 Å². The molecule has 2 heterocycles. The standard InChI is InChI=1S/C13H22N4O2S/c1-3-6-11-15-16-12(20-11)17-8-5-7-10(9-17)14-13(18)19-4-2/h10H,3-9H2,1-2H3,(H,14,18). The number of carbonyl (C=O) groups is 1. The molecular weight excluding hydrogens is 276 g/mol. The molecule has 1 aliphatic heterocycles. The van der Waals surface area contributed by atoms with Gasteiger partial charge in [-0.05, 0) is 26.2 Å². The van der Waals surface area contributed by atoms with Gasteiger partial charge in [0.1, 0.15) is 5.01 Å². The van der Waals surface area contributed by atoms with E-state index in [1.165, 1.54) is 0 Å². The van der Waals surface area contributed by atoms with Gasteiger partial charge in [0.25, 0.3) is 0 Å². The van der Waals surface area contributed by atoms with Crippen molar-refractivity contribution in [3.8, 4) is 0 Å². The van der Waals surface area contributed by atoms with Crippen molar-refractivity contribution in [3.63, 3.8) is 0 Å². The first-order chi connectivity index (χ1) is 9.72. The van der Waals surface area contributed by atoms with E-state index in [9.17, 15) is 4.79 Å². The molecule has 1 aromatic rings. The number of aryl methyl sites for hydroxylation is 1. The summed E-state index contributed by atoms with van der Waals surface area (Å²) >= 11 is 1.65. The molecule has 1 N–H and O–H groups in total. The fourth-order valence-corrected chi connectivity index (χ4v) is 3.27. The van der Waals surface area contributed by atoms with Gasteiger partial charge in [0.05, 0.1) is 6.61 Å². The van der Waals surface area contributed by atoms with E-state index in [4.69, 9.17) is 4.74 Å². The zero-order valence-electron chi connectivity index (χ0n) is 12.1. The lowest BCUT2D eigenvalue weighted by molar-refractivity contribution is 0.146. The monoisotopic (exact) mass is 298 g/mol. The van der Waals surface area contributed by atoms with Crippen molar-refractivity contribution in [2.75, 3.05) is 24.6 Å². The molecule has 1 unspecified atom stereocenters. The SMILES string of the molecule is CCCc1nnc(N2CCCC(NC(=O)OCC)C2)s1. The van der Waals surface area contributed by atoms with E-state index in [1.54, 1.807) is 11.3 Å². The number of amides is 1. The Morgan fingerprint density at radius 2 is 2.35 bits per heavy atom. The summed E-state index contributed by atoms with van der Waals surface area (Å²) in [6, 6.07) is 0.126. The van der Waals surface area contributed by atoms with E-state index in [2.05, 4.69) is 27.3 Å². The highest BCUT2D eigenvalue weighted by Crippen LogP contribution is 2.24. The number of anilines is 1. The number of hydrogen-bond acceptors (Lipinski definition) is 6. The fraction of sp³-hybridized carbons (Fsp3) is 0.769. The van der Waals surface area contributed by atoms with Gasteiger partial charge >= 0.3 is 6.09 Å². The summed E-state index contributed by atoms with van der Waals surface area (Å²) in [4.78, 5) is 13.7. The van der Waals surface area contributed by atoms with Gasteiger partial charge < -0.3 is 15.0 Å². The van der Waals surface area contributed by atoms with Crippen LogP contribution in [0.15, 0.2) is 0 Å². The largest absolute Gasteiger partial charge is 0.450 e. The highest BCUT2D eigenvalue weighted by molar-refractivity contribution is 7.15. The van der Waals surface area contributed by atoms with Crippen LogP contribution in [0.2, 0.25) is 0 Å². The summed E-state index contributed by atoms with van der Waals surface area (Å²) < 4.78 is 4.93. The van der Waals surface area contributed by atoms with Crippen LogP contribution < -0.4 is 10.2 Å². The predicted octanol–water partition coefficient (Wildman–Crippen LogP) is 2.21. The Kier molecular flexibility index (Phi) is 5.58. The van der Waals surface area contributed by atoms with Gasteiger partial charge in [0.2, 0.25) is 5.13 Å². The summed E-state index contributed by atoms with van der Waals surface area (Å²) in [5.74, 6) is 0. The summed E-state index contributed by atoms with van der Waals surface area (Å²) in [7, 11) is 0. The molecule has 1 amide bonds. The minimum absolute atomic E-state index is 0.126. The molecule has 1 aliphatic rings. The van der Waals surface area contributed by atoms with E-state index >= 15 is 0 Å². The second-order valence-corrected chi connectivity index (χ2v) is 5.92. The summed E-state index contributed by atoms with van der Waals surface area (Å²) in [6.45, 7) is 6.10. The first-order valence-corrected chi connectivity index (χ1v) is 8.05. The number of aromatic nitrogens is 2. The zero-order valence-corrected chi connectivity index (χ0v) is 12.9. The van der Waals surface area contributed by atoms with Crippen molar-refractivity contribution in [3.05, 3.63) is 5.01 Å². The van der Waals surface area contributed by atoms with Crippen molar-refractivity contribution in [2.45, 2.75) is 45.6 Å². The Hall–Kier alpha value is -1.37. The third-order valence-corrected chi connectivity index (χ3v) is 4.25. The third-order valence-electron chi connectivity index (χ3n) is 3.21. The number of ether oxygens (including phenoxy) is 1. The second-order valence-electron chi connectivity index (χ2n) is 4.88. The molecule has 1 atom stereocenters. The molecular formula is C13H22N4O2S. The molecule has 7 heteroatoms. The van der Waals surface area contributed by atoms with Crippen molar-refractivity contribution in [1.82, 2.24) is 15.5 Å². The lowest BCUT2D eigenvalue weighted by Gasteiger charge is -2.32. The lowest BCUT2D eigenvalue weighted by atomic mass is 10.1. The van der Waals surface area contributed by atoms with Gasteiger partial charge in [0.15, 0.2) is 0 Å². The molecule has 1 saturated heterocycles. The molecule has 1 aromatic heterocycles. The van der Waals surface area contributed by atoms with Crippen LogP contribution in [0.4, 0.5) is 9.93 Å². The Labute approximate surface area is 123 Å². The summed E-state index contributed by atoms with van der Waals surface area (Å²) in [6.07, 6.45) is 3.76. The Bertz CT molecular complexity index is 438. The normalized spacial score (nSPS) is 18.9. The first kappa shape index (κ1) is 15.0. The Balaban J connectivity index is 1.90. The lowest BCUT2D eigenvalue weighted by Crippen LogP contribution is -2.48. The Morgan fingerprint density at radius 1 is 1.50 bits per heavy atom. The van der Waals surface area contributed by atoms with Gasteiger partial charge in [-0.2, -0.15) is 0 Å². The van der Waals surface area contributed by atoms with Gasteiger partial charge in [-0.3, -0.25) is 0 Å². The maximum absolute atomic E-state index is 11.5.